The van der Waals surface area contributed by atoms with Gasteiger partial charge >= 0.3 is 0 Å². The van der Waals surface area contributed by atoms with Crippen LogP contribution in [0.1, 0.15) is 5.56 Å². The lowest BCUT2D eigenvalue weighted by Crippen LogP contribution is -2.09. The van der Waals surface area contributed by atoms with E-state index < -0.39 is 0 Å². The molecule has 0 saturated carbocycles. The van der Waals surface area contributed by atoms with E-state index in [2.05, 4.69) is 9.97 Å². The third-order valence-corrected chi connectivity index (χ3v) is 3.23. The molecule has 2 aromatic carbocycles. The van der Waals surface area contributed by atoms with Crippen LogP contribution < -0.4 is 5.56 Å². The molecule has 94 valence electrons. The van der Waals surface area contributed by atoms with Gasteiger partial charge in [-0.15, -0.1) is 0 Å². The van der Waals surface area contributed by atoms with Gasteiger partial charge < -0.3 is 4.98 Å². The molecule has 4 heteroatoms. The zero-order valence-electron chi connectivity index (χ0n) is 10.3. The Morgan fingerprint density at radius 2 is 1.84 bits per heavy atom. The lowest BCUT2D eigenvalue weighted by atomic mass is 10.1. The van der Waals surface area contributed by atoms with E-state index in [1.54, 1.807) is 18.2 Å². The Hall–Kier alpha value is -2.13. The van der Waals surface area contributed by atoms with Crippen molar-refractivity contribution in [3.63, 3.8) is 0 Å². The van der Waals surface area contributed by atoms with Crippen LogP contribution in [0.15, 0.2) is 47.3 Å². The first-order valence-electron chi connectivity index (χ1n) is 5.90. The number of benzene rings is 2. The molecule has 0 saturated heterocycles. The molecule has 3 aromatic rings. The first-order valence-corrected chi connectivity index (χ1v) is 6.28. The van der Waals surface area contributed by atoms with Crippen LogP contribution in [0.4, 0.5) is 0 Å². The molecular formula is C15H11ClN2O. The van der Waals surface area contributed by atoms with Crippen molar-refractivity contribution in [3.8, 4) is 11.4 Å². The number of rotatable bonds is 1. The SMILES string of the molecule is Cc1ccc(-c2nc3cc(Cl)ccc3c(=O)[nH]2)cc1. The van der Waals surface area contributed by atoms with Gasteiger partial charge in [-0.05, 0) is 25.1 Å². The Kier molecular flexibility index (Phi) is 2.84. The molecule has 19 heavy (non-hydrogen) atoms. The number of aromatic nitrogens is 2. The Balaban J connectivity index is 2.25. The molecule has 1 aromatic heterocycles. The number of hydrogen-bond acceptors (Lipinski definition) is 2. The quantitative estimate of drug-likeness (QED) is 0.735. The molecule has 0 atom stereocenters. The van der Waals surface area contributed by atoms with Crippen LogP contribution in [0.3, 0.4) is 0 Å². The molecule has 0 aliphatic heterocycles. The summed E-state index contributed by atoms with van der Waals surface area (Å²) < 4.78 is 0. The molecule has 3 nitrogen and oxygen atoms in total. The van der Waals surface area contributed by atoms with E-state index in [0.29, 0.717) is 21.7 Å². The van der Waals surface area contributed by atoms with Crippen LogP contribution in [0.25, 0.3) is 22.3 Å². The maximum Gasteiger partial charge on any atom is 0.259 e. The van der Waals surface area contributed by atoms with Crippen molar-refractivity contribution in [2.45, 2.75) is 6.92 Å². The molecule has 3 rings (SSSR count). The third kappa shape index (κ3) is 2.25. The average molecular weight is 271 g/mol. The molecule has 0 bridgehead atoms. The summed E-state index contributed by atoms with van der Waals surface area (Å²) in [7, 11) is 0. The van der Waals surface area contributed by atoms with Crippen LogP contribution >= 0.6 is 11.6 Å². The number of nitrogens with one attached hydrogen (secondary N) is 1. The molecule has 0 aliphatic carbocycles. The van der Waals surface area contributed by atoms with E-state index in [1.165, 1.54) is 0 Å². The normalized spacial score (nSPS) is 10.8. The third-order valence-electron chi connectivity index (χ3n) is 2.99. The average Bonchev–Trinajstić information content (AvgIpc) is 2.38. The monoisotopic (exact) mass is 270 g/mol. The number of aryl methyl sites for hydroxylation is 1. The van der Waals surface area contributed by atoms with Crippen molar-refractivity contribution in [2.75, 3.05) is 0 Å². The van der Waals surface area contributed by atoms with Crippen LogP contribution in [0, 0.1) is 6.92 Å². The van der Waals surface area contributed by atoms with Gasteiger partial charge in [0, 0.05) is 10.6 Å². The van der Waals surface area contributed by atoms with Crippen LogP contribution in [-0.2, 0) is 0 Å². The summed E-state index contributed by atoms with van der Waals surface area (Å²) in [4.78, 5) is 19.3. The molecule has 0 fully saturated rings. The smallest absolute Gasteiger partial charge is 0.259 e. The van der Waals surface area contributed by atoms with Crippen molar-refractivity contribution in [3.05, 3.63) is 63.4 Å². The number of nitrogens with zero attached hydrogens (tertiary/aromatic N) is 1. The number of aromatic amines is 1. The molecular weight excluding hydrogens is 260 g/mol. The zero-order chi connectivity index (χ0) is 13.4. The van der Waals surface area contributed by atoms with Gasteiger partial charge in [0.25, 0.3) is 5.56 Å². The molecule has 0 spiro atoms. The van der Waals surface area contributed by atoms with Gasteiger partial charge in [0.15, 0.2) is 0 Å². The Bertz CT molecular complexity index is 806. The first kappa shape index (κ1) is 11.9. The summed E-state index contributed by atoms with van der Waals surface area (Å²) in [5.74, 6) is 0.555. The first-order chi connectivity index (χ1) is 9.13. The highest BCUT2D eigenvalue weighted by molar-refractivity contribution is 6.31. The summed E-state index contributed by atoms with van der Waals surface area (Å²) in [5.41, 5.74) is 2.49. The Labute approximate surface area is 114 Å². The van der Waals surface area contributed by atoms with E-state index in [9.17, 15) is 4.79 Å². The van der Waals surface area contributed by atoms with E-state index in [4.69, 9.17) is 11.6 Å². The summed E-state index contributed by atoms with van der Waals surface area (Å²) >= 11 is 5.94. The van der Waals surface area contributed by atoms with Gasteiger partial charge in [-0.25, -0.2) is 4.98 Å². The second kappa shape index (κ2) is 4.52. The molecule has 0 aliphatic rings. The Morgan fingerprint density at radius 3 is 2.58 bits per heavy atom. The van der Waals surface area contributed by atoms with Gasteiger partial charge in [-0.3, -0.25) is 4.79 Å². The number of H-pyrrole nitrogens is 1. The highest BCUT2D eigenvalue weighted by atomic mass is 35.5. The summed E-state index contributed by atoms with van der Waals surface area (Å²) in [5, 5.41) is 1.11. The fourth-order valence-electron chi connectivity index (χ4n) is 1.96. The molecule has 1 N–H and O–H groups in total. The number of hydrogen-bond donors (Lipinski definition) is 1. The molecule has 0 radical (unpaired) electrons. The summed E-state index contributed by atoms with van der Waals surface area (Å²) in [6, 6.07) is 12.9. The van der Waals surface area contributed by atoms with E-state index in [1.807, 2.05) is 31.2 Å². The fourth-order valence-corrected chi connectivity index (χ4v) is 2.13. The lowest BCUT2D eigenvalue weighted by molar-refractivity contribution is 1.18. The van der Waals surface area contributed by atoms with E-state index >= 15 is 0 Å². The highest BCUT2D eigenvalue weighted by Gasteiger charge is 2.06. The van der Waals surface area contributed by atoms with Gasteiger partial charge in [-0.1, -0.05) is 41.4 Å². The molecule has 0 unspecified atom stereocenters. The zero-order valence-corrected chi connectivity index (χ0v) is 11.0. The van der Waals surface area contributed by atoms with Gasteiger partial charge in [-0.2, -0.15) is 0 Å². The number of fused-ring (bicyclic) bond motifs is 1. The number of halogens is 1. The standard InChI is InChI=1S/C15H11ClN2O/c1-9-2-4-10(5-3-9)14-17-13-8-11(16)6-7-12(13)15(19)18-14/h2-8H,1H3,(H,17,18,19). The van der Waals surface area contributed by atoms with Gasteiger partial charge in [0.1, 0.15) is 5.82 Å². The molecule has 0 amide bonds. The predicted molar refractivity (Wildman–Crippen MR) is 77.5 cm³/mol. The predicted octanol–water partition coefficient (Wildman–Crippen LogP) is 3.55. The van der Waals surface area contributed by atoms with Gasteiger partial charge in [0.05, 0.1) is 10.9 Å². The van der Waals surface area contributed by atoms with Crippen LogP contribution in [-0.4, -0.2) is 9.97 Å². The maximum atomic E-state index is 12.0. The lowest BCUT2D eigenvalue weighted by Gasteiger charge is -2.04. The second-order valence-corrected chi connectivity index (χ2v) is 4.88. The topological polar surface area (TPSA) is 45.8 Å². The minimum atomic E-state index is -0.155. The summed E-state index contributed by atoms with van der Waals surface area (Å²) in [6.45, 7) is 2.01. The van der Waals surface area contributed by atoms with Crippen molar-refractivity contribution < 1.29 is 0 Å². The largest absolute Gasteiger partial charge is 0.306 e. The minimum Gasteiger partial charge on any atom is -0.306 e. The van der Waals surface area contributed by atoms with Crippen molar-refractivity contribution in [2.24, 2.45) is 0 Å². The fraction of sp³-hybridized carbons (Fsp3) is 0.0667. The van der Waals surface area contributed by atoms with E-state index in [0.717, 1.165) is 11.1 Å². The Morgan fingerprint density at radius 1 is 1.11 bits per heavy atom. The minimum absolute atomic E-state index is 0.155. The van der Waals surface area contributed by atoms with Crippen LogP contribution in [0.5, 0.6) is 0 Å². The van der Waals surface area contributed by atoms with Gasteiger partial charge in [0.2, 0.25) is 0 Å². The van der Waals surface area contributed by atoms with Crippen molar-refractivity contribution in [1.29, 1.82) is 0 Å². The highest BCUT2D eigenvalue weighted by Crippen LogP contribution is 2.19. The molecule has 1 heterocycles. The maximum absolute atomic E-state index is 12.0. The van der Waals surface area contributed by atoms with Crippen molar-refractivity contribution in [1.82, 2.24) is 9.97 Å². The van der Waals surface area contributed by atoms with E-state index in [-0.39, 0.29) is 5.56 Å². The van der Waals surface area contributed by atoms with Crippen molar-refractivity contribution >= 4 is 22.5 Å². The van der Waals surface area contributed by atoms with Crippen LogP contribution in [0.2, 0.25) is 5.02 Å². The summed E-state index contributed by atoms with van der Waals surface area (Å²) in [6.07, 6.45) is 0. The second-order valence-electron chi connectivity index (χ2n) is 4.44.